The molecule has 6 heteroatoms. The van der Waals surface area contributed by atoms with Crippen molar-refractivity contribution in [3.05, 3.63) is 47.4 Å². The lowest BCUT2D eigenvalue weighted by Gasteiger charge is -2.32. The first-order chi connectivity index (χ1) is 11.2. The van der Waals surface area contributed by atoms with Gasteiger partial charge in [-0.25, -0.2) is 4.39 Å². The minimum absolute atomic E-state index is 0.0492. The Kier molecular flexibility index (Phi) is 5.35. The average molecular weight is 319 g/mol. The standard InChI is InChI=1S/C17H22FN3O2/c1-2-3-4-16-19-17(23-20-16)12-21-9-10-22-15(11-21)13-5-7-14(18)8-6-13/h5-8,15H,2-4,9-12H2,1H3/t15-/m1/s1. The van der Waals surface area contributed by atoms with Crippen LogP contribution in [-0.2, 0) is 17.7 Å². The van der Waals surface area contributed by atoms with E-state index in [0.717, 1.165) is 43.7 Å². The van der Waals surface area contributed by atoms with Gasteiger partial charge in [-0.05, 0) is 24.1 Å². The minimum atomic E-state index is -0.230. The van der Waals surface area contributed by atoms with Crippen molar-refractivity contribution >= 4 is 0 Å². The Bertz CT molecular complexity index is 615. The van der Waals surface area contributed by atoms with E-state index in [-0.39, 0.29) is 11.9 Å². The zero-order chi connectivity index (χ0) is 16.1. The predicted octanol–water partition coefficient (Wildman–Crippen LogP) is 3.12. The normalized spacial score (nSPS) is 19.1. The van der Waals surface area contributed by atoms with Crippen LogP contribution in [0, 0.1) is 5.82 Å². The lowest BCUT2D eigenvalue weighted by molar-refractivity contribution is -0.0356. The van der Waals surface area contributed by atoms with E-state index < -0.39 is 0 Å². The Labute approximate surface area is 135 Å². The largest absolute Gasteiger partial charge is 0.371 e. The summed E-state index contributed by atoms with van der Waals surface area (Å²) in [7, 11) is 0. The van der Waals surface area contributed by atoms with Gasteiger partial charge >= 0.3 is 0 Å². The fourth-order valence-corrected chi connectivity index (χ4v) is 2.71. The van der Waals surface area contributed by atoms with Crippen LogP contribution in [0.1, 0.15) is 43.1 Å². The van der Waals surface area contributed by atoms with Gasteiger partial charge in [0, 0.05) is 19.5 Å². The summed E-state index contributed by atoms with van der Waals surface area (Å²) in [5.41, 5.74) is 0.991. The molecule has 1 aliphatic rings. The second kappa shape index (κ2) is 7.66. The number of unbranched alkanes of at least 4 members (excludes halogenated alkanes) is 1. The topological polar surface area (TPSA) is 51.4 Å². The Hall–Kier alpha value is -1.79. The second-order valence-electron chi connectivity index (χ2n) is 5.85. The number of hydrogen-bond donors (Lipinski definition) is 0. The number of aryl methyl sites for hydroxylation is 1. The van der Waals surface area contributed by atoms with Gasteiger partial charge in [-0.15, -0.1) is 0 Å². The van der Waals surface area contributed by atoms with Crippen LogP contribution < -0.4 is 0 Å². The van der Waals surface area contributed by atoms with E-state index in [4.69, 9.17) is 9.26 Å². The van der Waals surface area contributed by atoms with Crippen LogP contribution in [0.5, 0.6) is 0 Å². The molecule has 1 aromatic carbocycles. The molecule has 0 N–H and O–H groups in total. The fraction of sp³-hybridized carbons (Fsp3) is 0.529. The van der Waals surface area contributed by atoms with Gasteiger partial charge in [0.2, 0.25) is 5.89 Å². The van der Waals surface area contributed by atoms with Gasteiger partial charge in [0.25, 0.3) is 0 Å². The third-order valence-corrected chi connectivity index (χ3v) is 4.02. The van der Waals surface area contributed by atoms with Gasteiger partial charge in [0.1, 0.15) is 5.82 Å². The zero-order valence-electron chi connectivity index (χ0n) is 13.4. The molecule has 1 saturated heterocycles. The molecule has 0 saturated carbocycles. The van der Waals surface area contributed by atoms with Crippen molar-refractivity contribution in [3.8, 4) is 0 Å². The van der Waals surface area contributed by atoms with Crippen molar-refractivity contribution in [3.63, 3.8) is 0 Å². The number of morpholine rings is 1. The molecule has 0 spiro atoms. The maximum Gasteiger partial charge on any atom is 0.240 e. The SMILES string of the molecule is CCCCc1noc(CN2CCO[C@@H](c3ccc(F)cc3)C2)n1. The van der Waals surface area contributed by atoms with Crippen molar-refractivity contribution in [2.24, 2.45) is 0 Å². The molecule has 2 heterocycles. The summed E-state index contributed by atoms with van der Waals surface area (Å²) in [6, 6.07) is 6.49. The van der Waals surface area contributed by atoms with E-state index in [9.17, 15) is 4.39 Å². The van der Waals surface area contributed by atoms with Crippen molar-refractivity contribution in [1.29, 1.82) is 0 Å². The number of ether oxygens (including phenoxy) is 1. The van der Waals surface area contributed by atoms with E-state index in [0.29, 0.717) is 19.0 Å². The summed E-state index contributed by atoms with van der Waals surface area (Å²) in [5, 5.41) is 4.02. The van der Waals surface area contributed by atoms with Gasteiger partial charge in [-0.2, -0.15) is 4.98 Å². The lowest BCUT2D eigenvalue weighted by Crippen LogP contribution is -2.37. The number of nitrogens with zero attached hydrogens (tertiary/aromatic N) is 3. The Morgan fingerprint density at radius 1 is 1.30 bits per heavy atom. The van der Waals surface area contributed by atoms with Gasteiger partial charge in [-0.1, -0.05) is 30.6 Å². The molecule has 5 nitrogen and oxygen atoms in total. The third-order valence-electron chi connectivity index (χ3n) is 4.02. The quantitative estimate of drug-likeness (QED) is 0.819. The molecule has 0 amide bonds. The summed E-state index contributed by atoms with van der Waals surface area (Å²) in [6.07, 6.45) is 3.00. The molecule has 0 unspecified atom stereocenters. The van der Waals surface area contributed by atoms with E-state index in [2.05, 4.69) is 22.0 Å². The summed E-state index contributed by atoms with van der Waals surface area (Å²) in [6.45, 7) is 4.96. The fourth-order valence-electron chi connectivity index (χ4n) is 2.71. The summed E-state index contributed by atoms with van der Waals surface area (Å²) in [5.74, 6) is 1.20. The van der Waals surface area contributed by atoms with Crippen LogP contribution in [0.4, 0.5) is 4.39 Å². The molecule has 1 aromatic heterocycles. The second-order valence-corrected chi connectivity index (χ2v) is 5.85. The monoisotopic (exact) mass is 319 g/mol. The molecule has 1 atom stereocenters. The number of aromatic nitrogens is 2. The Morgan fingerprint density at radius 2 is 2.13 bits per heavy atom. The molecule has 124 valence electrons. The maximum absolute atomic E-state index is 13.0. The van der Waals surface area contributed by atoms with E-state index in [1.54, 1.807) is 12.1 Å². The lowest BCUT2D eigenvalue weighted by atomic mass is 10.1. The number of benzene rings is 1. The zero-order valence-corrected chi connectivity index (χ0v) is 13.4. The highest BCUT2D eigenvalue weighted by Gasteiger charge is 2.23. The molecule has 0 aliphatic carbocycles. The molecular weight excluding hydrogens is 297 g/mol. The molecule has 3 rings (SSSR count). The van der Waals surface area contributed by atoms with Crippen molar-refractivity contribution in [1.82, 2.24) is 15.0 Å². The molecule has 0 bridgehead atoms. The minimum Gasteiger partial charge on any atom is -0.371 e. The smallest absolute Gasteiger partial charge is 0.240 e. The first kappa shape index (κ1) is 16.1. The van der Waals surface area contributed by atoms with Gasteiger partial charge in [-0.3, -0.25) is 4.90 Å². The Morgan fingerprint density at radius 3 is 2.91 bits per heavy atom. The average Bonchev–Trinajstić information content (AvgIpc) is 3.01. The molecular formula is C17H22FN3O2. The van der Waals surface area contributed by atoms with Crippen molar-refractivity contribution < 1.29 is 13.7 Å². The predicted molar refractivity (Wildman–Crippen MR) is 83.3 cm³/mol. The van der Waals surface area contributed by atoms with Crippen LogP contribution >= 0.6 is 0 Å². The first-order valence-electron chi connectivity index (χ1n) is 8.15. The molecule has 0 radical (unpaired) electrons. The number of hydrogen-bond acceptors (Lipinski definition) is 5. The number of halogens is 1. The highest BCUT2D eigenvalue weighted by molar-refractivity contribution is 5.19. The van der Waals surface area contributed by atoms with Crippen molar-refractivity contribution in [2.75, 3.05) is 19.7 Å². The highest BCUT2D eigenvalue weighted by atomic mass is 19.1. The maximum atomic E-state index is 13.0. The van der Waals surface area contributed by atoms with E-state index in [1.807, 2.05) is 0 Å². The molecule has 2 aromatic rings. The summed E-state index contributed by atoms with van der Waals surface area (Å²) < 4.78 is 24.2. The van der Waals surface area contributed by atoms with Gasteiger partial charge < -0.3 is 9.26 Å². The van der Waals surface area contributed by atoms with Crippen LogP contribution in [-0.4, -0.2) is 34.7 Å². The summed E-state index contributed by atoms with van der Waals surface area (Å²) in [4.78, 5) is 6.67. The van der Waals surface area contributed by atoms with Crippen LogP contribution in [0.2, 0.25) is 0 Å². The third kappa shape index (κ3) is 4.36. The van der Waals surface area contributed by atoms with Gasteiger partial charge in [0.15, 0.2) is 5.82 Å². The molecule has 23 heavy (non-hydrogen) atoms. The molecule has 1 aliphatic heterocycles. The number of rotatable bonds is 6. The van der Waals surface area contributed by atoms with E-state index in [1.165, 1.54) is 12.1 Å². The summed E-state index contributed by atoms with van der Waals surface area (Å²) >= 11 is 0. The van der Waals surface area contributed by atoms with E-state index >= 15 is 0 Å². The Balaban J connectivity index is 1.58. The highest BCUT2D eigenvalue weighted by Crippen LogP contribution is 2.23. The van der Waals surface area contributed by atoms with Crippen LogP contribution in [0.25, 0.3) is 0 Å². The van der Waals surface area contributed by atoms with Gasteiger partial charge in [0.05, 0.1) is 19.3 Å². The first-order valence-corrected chi connectivity index (χ1v) is 8.15. The molecule has 1 fully saturated rings. The van der Waals surface area contributed by atoms with Crippen LogP contribution in [0.15, 0.2) is 28.8 Å². The van der Waals surface area contributed by atoms with Crippen LogP contribution in [0.3, 0.4) is 0 Å². The van der Waals surface area contributed by atoms with Crippen molar-refractivity contribution in [2.45, 2.75) is 38.8 Å².